The van der Waals surface area contributed by atoms with E-state index in [9.17, 15) is 9.59 Å². The van der Waals surface area contributed by atoms with Gasteiger partial charge in [0.25, 0.3) is 0 Å². The molecule has 8 nitrogen and oxygen atoms in total. The number of likely N-dealkylation sites (tertiary alicyclic amines) is 1. The Kier molecular flexibility index (Phi) is 5.98. The molecule has 2 aliphatic rings. The van der Waals surface area contributed by atoms with Crippen molar-refractivity contribution in [2.45, 2.75) is 58.6 Å². The highest BCUT2D eigenvalue weighted by atomic mass is 16.5. The lowest BCUT2D eigenvalue weighted by Crippen LogP contribution is -2.54. The van der Waals surface area contributed by atoms with Crippen LogP contribution in [0.4, 0.5) is 0 Å². The molecule has 0 radical (unpaired) electrons. The lowest BCUT2D eigenvalue weighted by Gasteiger charge is -2.33. The first-order valence-corrected chi connectivity index (χ1v) is 10.9. The Morgan fingerprint density at radius 1 is 1.29 bits per heavy atom. The van der Waals surface area contributed by atoms with Gasteiger partial charge in [-0.2, -0.15) is 4.98 Å². The Bertz CT molecular complexity index is 918. The number of furan rings is 1. The third-order valence-corrected chi connectivity index (χ3v) is 5.73. The molecule has 0 spiro atoms. The van der Waals surface area contributed by atoms with Gasteiger partial charge < -0.3 is 19.4 Å². The molecule has 8 heteroatoms. The number of aromatic nitrogens is 2. The summed E-state index contributed by atoms with van der Waals surface area (Å²) < 4.78 is 11.3. The van der Waals surface area contributed by atoms with E-state index in [1.807, 2.05) is 26.8 Å². The van der Waals surface area contributed by atoms with Crippen LogP contribution in [0.3, 0.4) is 0 Å². The average molecular weight is 427 g/mol. The molecule has 2 amide bonds. The van der Waals surface area contributed by atoms with Crippen LogP contribution in [0.2, 0.25) is 0 Å². The van der Waals surface area contributed by atoms with Crippen LogP contribution in [0, 0.1) is 11.3 Å². The number of amides is 2. The van der Waals surface area contributed by atoms with Crippen molar-refractivity contribution in [3.8, 4) is 17.5 Å². The number of ether oxygens (including phenoxy) is 1. The fourth-order valence-electron chi connectivity index (χ4n) is 3.77. The van der Waals surface area contributed by atoms with Gasteiger partial charge in [-0.1, -0.05) is 20.8 Å². The first kappa shape index (κ1) is 21.3. The number of hydrogen-bond acceptors (Lipinski definition) is 6. The Balaban J connectivity index is 1.37. The number of rotatable bonds is 7. The smallest absolute Gasteiger partial charge is 0.317 e. The molecule has 1 aliphatic carbocycles. The van der Waals surface area contributed by atoms with Crippen LogP contribution in [-0.4, -0.2) is 51.9 Å². The highest BCUT2D eigenvalue weighted by Crippen LogP contribution is 2.32. The van der Waals surface area contributed by atoms with E-state index in [4.69, 9.17) is 9.15 Å². The lowest BCUT2D eigenvalue weighted by molar-refractivity contribution is -0.138. The van der Waals surface area contributed by atoms with Crippen molar-refractivity contribution in [1.82, 2.24) is 20.2 Å². The zero-order valence-electron chi connectivity index (χ0n) is 18.3. The predicted molar refractivity (Wildman–Crippen MR) is 114 cm³/mol. The average Bonchev–Trinajstić information content (AvgIpc) is 3.19. The third kappa shape index (κ3) is 5.42. The van der Waals surface area contributed by atoms with Gasteiger partial charge in [0.05, 0.1) is 12.8 Å². The Labute approximate surface area is 182 Å². The van der Waals surface area contributed by atoms with Crippen molar-refractivity contribution < 1.29 is 18.7 Å². The normalized spacial score (nSPS) is 19.8. The summed E-state index contributed by atoms with van der Waals surface area (Å²) >= 11 is 0. The van der Waals surface area contributed by atoms with Crippen molar-refractivity contribution in [2.24, 2.45) is 11.3 Å². The van der Waals surface area contributed by atoms with Gasteiger partial charge in [0.1, 0.15) is 17.8 Å². The third-order valence-electron chi connectivity index (χ3n) is 5.73. The number of nitrogens with one attached hydrogen (secondary N) is 1. The quantitative estimate of drug-likeness (QED) is 0.731. The molecule has 2 atom stereocenters. The fraction of sp³-hybridized carbons (Fsp3) is 0.565. The molecule has 2 fully saturated rings. The summed E-state index contributed by atoms with van der Waals surface area (Å²) in [5, 5.41) is 2.99. The molecule has 3 heterocycles. The van der Waals surface area contributed by atoms with E-state index in [0.717, 1.165) is 12.8 Å². The van der Waals surface area contributed by atoms with E-state index in [1.165, 1.54) is 0 Å². The van der Waals surface area contributed by atoms with Gasteiger partial charge >= 0.3 is 6.01 Å². The minimum atomic E-state index is -0.559. The zero-order valence-corrected chi connectivity index (χ0v) is 18.3. The van der Waals surface area contributed by atoms with Crippen molar-refractivity contribution in [2.75, 3.05) is 13.1 Å². The molecule has 166 valence electrons. The van der Waals surface area contributed by atoms with Crippen molar-refractivity contribution >= 4 is 11.8 Å². The van der Waals surface area contributed by atoms with E-state index in [2.05, 4.69) is 15.3 Å². The summed E-state index contributed by atoms with van der Waals surface area (Å²) in [6.07, 6.45) is 6.43. The molecule has 1 aliphatic heterocycles. The van der Waals surface area contributed by atoms with Crippen LogP contribution in [0.25, 0.3) is 11.5 Å². The van der Waals surface area contributed by atoms with E-state index < -0.39 is 6.04 Å². The van der Waals surface area contributed by atoms with Crippen LogP contribution in [-0.2, 0) is 9.59 Å². The number of carbonyl (C=O) groups excluding carboxylic acids is 2. The summed E-state index contributed by atoms with van der Waals surface area (Å²) in [6.45, 7) is 6.95. The number of carbonyl (C=O) groups is 2. The van der Waals surface area contributed by atoms with Crippen molar-refractivity contribution in [3.63, 3.8) is 0 Å². The van der Waals surface area contributed by atoms with Gasteiger partial charge in [-0.15, -0.1) is 0 Å². The highest BCUT2D eigenvalue weighted by molar-refractivity contribution is 5.88. The van der Waals surface area contributed by atoms with E-state index in [1.54, 1.807) is 29.5 Å². The molecule has 1 saturated carbocycles. The van der Waals surface area contributed by atoms with Gasteiger partial charge in [0, 0.05) is 25.6 Å². The maximum atomic E-state index is 13.2. The summed E-state index contributed by atoms with van der Waals surface area (Å²) in [5.41, 5.74) is 0.266. The minimum Gasteiger partial charge on any atom is -0.463 e. The second-order valence-electron chi connectivity index (χ2n) is 9.53. The topological polar surface area (TPSA) is 97.6 Å². The maximum Gasteiger partial charge on any atom is 0.317 e. The van der Waals surface area contributed by atoms with Gasteiger partial charge in [-0.25, -0.2) is 4.98 Å². The molecule has 2 aromatic rings. The standard InChI is InChI=1S/C23H30N4O4/c1-23(2,3)20(26-19(28)13-15-6-7-15)21(29)27-11-9-16(14-27)31-22-24-10-8-17(25-22)18-5-4-12-30-18/h4-5,8,10,12,15-16,20H,6-7,9,11,13-14H2,1-3H3,(H,26,28)/t16-,20-/m1/s1. The molecule has 2 aromatic heterocycles. The Hall–Kier alpha value is -2.90. The van der Waals surface area contributed by atoms with Gasteiger partial charge in [-0.3, -0.25) is 9.59 Å². The summed E-state index contributed by atoms with van der Waals surface area (Å²) in [5.74, 6) is 1.03. The molecule has 0 aromatic carbocycles. The molecule has 0 bridgehead atoms. The van der Waals surface area contributed by atoms with Crippen LogP contribution in [0.1, 0.15) is 46.5 Å². The maximum absolute atomic E-state index is 13.2. The molecular formula is C23H30N4O4. The van der Waals surface area contributed by atoms with Crippen molar-refractivity contribution in [1.29, 1.82) is 0 Å². The van der Waals surface area contributed by atoms with Gasteiger partial charge in [-0.05, 0) is 42.4 Å². The monoisotopic (exact) mass is 426 g/mol. The number of hydrogen-bond donors (Lipinski definition) is 1. The molecule has 0 unspecified atom stereocenters. The van der Waals surface area contributed by atoms with Crippen molar-refractivity contribution in [3.05, 3.63) is 30.7 Å². The summed E-state index contributed by atoms with van der Waals surface area (Å²) in [4.78, 5) is 36.0. The van der Waals surface area contributed by atoms with Gasteiger partial charge in [0.15, 0.2) is 5.76 Å². The Morgan fingerprint density at radius 2 is 2.10 bits per heavy atom. The van der Waals surface area contributed by atoms with Crippen LogP contribution >= 0.6 is 0 Å². The van der Waals surface area contributed by atoms with E-state index >= 15 is 0 Å². The first-order chi connectivity index (χ1) is 14.8. The number of nitrogens with zero attached hydrogens (tertiary/aromatic N) is 3. The molecular weight excluding hydrogens is 396 g/mol. The van der Waals surface area contributed by atoms with Gasteiger partial charge in [0.2, 0.25) is 11.8 Å². The lowest BCUT2D eigenvalue weighted by atomic mass is 9.85. The Morgan fingerprint density at radius 3 is 2.77 bits per heavy atom. The van der Waals surface area contributed by atoms with Crippen LogP contribution < -0.4 is 10.1 Å². The first-order valence-electron chi connectivity index (χ1n) is 10.9. The van der Waals surface area contributed by atoms with E-state index in [0.29, 0.717) is 43.3 Å². The molecule has 1 N–H and O–H groups in total. The summed E-state index contributed by atoms with van der Waals surface area (Å²) in [6, 6.07) is 5.09. The fourth-order valence-corrected chi connectivity index (χ4v) is 3.77. The highest BCUT2D eigenvalue weighted by Gasteiger charge is 2.39. The van der Waals surface area contributed by atoms with E-state index in [-0.39, 0.29) is 29.3 Å². The molecule has 4 rings (SSSR count). The predicted octanol–water partition coefficient (Wildman–Crippen LogP) is 3.05. The largest absolute Gasteiger partial charge is 0.463 e. The molecule has 31 heavy (non-hydrogen) atoms. The second kappa shape index (κ2) is 8.69. The SMILES string of the molecule is CC(C)(C)[C@H](NC(=O)CC1CC1)C(=O)N1CC[C@@H](Oc2nccc(-c3ccco3)n2)C1. The molecule has 1 saturated heterocycles. The zero-order chi connectivity index (χ0) is 22.0. The van der Waals surface area contributed by atoms with Crippen LogP contribution in [0.5, 0.6) is 6.01 Å². The minimum absolute atomic E-state index is 0.0362. The van der Waals surface area contributed by atoms with Crippen LogP contribution in [0.15, 0.2) is 35.1 Å². The second-order valence-corrected chi connectivity index (χ2v) is 9.53. The summed E-state index contributed by atoms with van der Waals surface area (Å²) in [7, 11) is 0.